The number of nitrogen functional groups attached to an aromatic ring is 1. The van der Waals surface area contributed by atoms with Crippen LogP contribution in [-0.2, 0) is 0 Å². The quantitative estimate of drug-likeness (QED) is 0.661. The maximum absolute atomic E-state index is 5.82. The van der Waals surface area contributed by atoms with Crippen molar-refractivity contribution in [3.63, 3.8) is 0 Å². The van der Waals surface area contributed by atoms with Gasteiger partial charge < -0.3 is 11.1 Å². The molecule has 0 radical (unpaired) electrons. The van der Waals surface area contributed by atoms with Gasteiger partial charge >= 0.3 is 0 Å². The molecule has 1 aromatic carbocycles. The number of nitrogens with zero attached hydrogens (tertiary/aromatic N) is 3. The zero-order chi connectivity index (χ0) is 13.7. The van der Waals surface area contributed by atoms with E-state index in [1.807, 2.05) is 30.5 Å². The minimum atomic E-state index is 0.406. The van der Waals surface area contributed by atoms with Crippen molar-refractivity contribution in [1.29, 1.82) is 0 Å². The summed E-state index contributed by atoms with van der Waals surface area (Å²) in [5.41, 5.74) is 7.46. The lowest BCUT2D eigenvalue weighted by molar-refractivity contribution is 1.17. The van der Waals surface area contributed by atoms with E-state index >= 15 is 0 Å². The Balaban J connectivity index is 2.29. The number of rotatable bonds is 4. The zero-order valence-electron chi connectivity index (χ0n) is 10.8. The molecule has 0 aliphatic rings. The van der Waals surface area contributed by atoms with Gasteiger partial charge in [-0.2, -0.15) is 0 Å². The minimum Gasteiger partial charge on any atom is -0.383 e. The Labute approximate surface area is 116 Å². The predicted molar refractivity (Wildman–Crippen MR) is 81.5 cm³/mol. The summed E-state index contributed by atoms with van der Waals surface area (Å²) in [7, 11) is 1.68. The van der Waals surface area contributed by atoms with Crippen molar-refractivity contribution in [1.82, 2.24) is 9.97 Å². The molecule has 0 bridgehead atoms. The van der Waals surface area contributed by atoms with Crippen molar-refractivity contribution >= 4 is 35.3 Å². The third-order valence-corrected chi connectivity index (χ3v) is 3.27. The molecule has 0 atom stereocenters. The number of thioether (sulfide) groups is 1. The maximum atomic E-state index is 5.82. The van der Waals surface area contributed by atoms with Crippen LogP contribution in [0.5, 0.6) is 0 Å². The monoisotopic (exact) mass is 273 g/mol. The molecule has 6 heteroatoms. The van der Waals surface area contributed by atoms with Crippen LogP contribution >= 0.6 is 11.8 Å². The fourth-order valence-electron chi connectivity index (χ4n) is 1.58. The second-order valence-electron chi connectivity index (χ2n) is 3.76. The largest absolute Gasteiger partial charge is 0.383 e. The molecule has 0 saturated carbocycles. The van der Waals surface area contributed by atoms with Gasteiger partial charge in [-0.3, -0.25) is 4.99 Å². The Morgan fingerprint density at radius 3 is 2.63 bits per heavy atom. The Kier molecular flexibility index (Phi) is 4.35. The first-order chi connectivity index (χ1) is 9.24. The van der Waals surface area contributed by atoms with Gasteiger partial charge in [0.25, 0.3) is 0 Å². The molecule has 19 heavy (non-hydrogen) atoms. The molecule has 0 saturated heterocycles. The average Bonchev–Trinajstić information content (AvgIpc) is 2.43. The van der Waals surface area contributed by atoms with Gasteiger partial charge in [-0.15, -0.1) is 11.8 Å². The molecule has 98 valence electrons. The Morgan fingerprint density at radius 2 is 2.00 bits per heavy atom. The molecule has 5 nitrogen and oxygen atoms in total. The number of hydrogen-bond donors (Lipinski definition) is 2. The average molecular weight is 273 g/mol. The van der Waals surface area contributed by atoms with E-state index in [1.54, 1.807) is 25.0 Å². The maximum Gasteiger partial charge on any atom is 0.144 e. The highest BCUT2D eigenvalue weighted by Crippen LogP contribution is 2.22. The molecule has 1 aromatic heterocycles. The minimum absolute atomic E-state index is 0.406. The summed E-state index contributed by atoms with van der Waals surface area (Å²) >= 11 is 1.70. The number of aromatic nitrogens is 2. The van der Waals surface area contributed by atoms with Crippen LogP contribution in [0.3, 0.4) is 0 Å². The van der Waals surface area contributed by atoms with Crippen LogP contribution < -0.4 is 11.1 Å². The van der Waals surface area contributed by atoms with Crippen LogP contribution in [0.25, 0.3) is 0 Å². The van der Waals surface area contributed by atoms with Gasteiger partial charge in [0.1, 0.15) is 18.0 Å². The second kappa shape index (κ2) is 6.19. The smallest absolute Gasteiger partial charge is 0.144 e. The van der Waals surface area contributed by atoms with Crippen molar-refractivity contribution in [3.8, 4) is 0 Å². The molecule has 0 spiro atoms. The van der Waals surface area contributed by atoms with E-state index < -0.39 is 0 Å². The highest BCUT2D eigenvalue weighted by atomic mass is 32.2. The number of benzene rings is 1. The van der Waals surface area contributed by atoms with E-state index in [-0.39, 0.29) is 0 Å². The molecule has 2 aromatic rings. The van der Waals surface area contributed by atoms with Crippen LogP contribution in [-0.4, -0.2) is 29.5 Å². The summed E-state index contributed by atoms with van der Waals surface area (Å²) < 4.78 is 0. The third-order valence-electron chi connectivity index (χ3n) is 2.53. The van der Waals surface area contributed by atoms with Crippen molar-refractivity contribution in [2.75, 3.05) is 24.4 Å². The van der Waals surface area contributed by atoms with Crippen molar-refractivity contribution in [2.45, 2.75) is 4.90 Å². The van der Waals surface area contributed by atoms with Crippen LogP contribution in [0.4, 0.5) is 17.3 Å². The van der Waals surface area contributed by atoms with Crippen LogP contribution in [0.1, 0.15) is 5.56 Å². The van der Waals surface area contributed by atoms with E-state index in [4.69, 9.17) is 5.73 Å². The van der Waals surface area contributed by atoms with Crippen molar-refractivity contribution in [3.05, 3.63) is 36.2 Å². The molecule has 1 heterocycles. The van der Waals surface area contributed by atoms with E-state index in [2.05, 4.69) is 20.3 Å². The zero-order valence-corrected chi connectivity index (χ0v) is 11.6. The number of nitrogens with one attached hydrogen (secondary N) is 1. The topological polar surface area (TPSA) is 76.2 Å². The highest BCUT2D eigenvalue weighted by molar-refractivity contribution is 7.98. The molecule has 2 rings (SSSR count). The summed E-state index contributed by atoms with van der Waals surface area (Å²) in [6, 6.07) is 8.09. The Morgan fingerprint density at radius 1 is 1.26 bits per heavy atom. The standard InChI is InChI=1S/C13H15N5S/c1-15-7-11-12(14)16-8-17-13(11)18-9-3-5-10(19-2)6-4-9/h3-8H,1-2H3,(H3,14,16,17,18). The molecular formula is C13H15N5S. The van der Waals surface area contributed by atoms with Gasteiger partial charge in [0.05, 0.1) is 5.56 Å². The summed E-state index contributed by atoms with van der Waals surface area (Å²) in [5, 5.41) is 3.22. The first-order valence-corrected chi connectivity index (χ1v) is 6.90. The molecule has 0 amide bonds. The van der Waals surface area contributed by atoms with E-state index in [0.717, 1.165) is 5.69 Å². The van der Waals surface area contributed by atoms with Gasteiger partial charge in [-0.25, -0.2) is 9.97 Å². The molecular weight excluding hydrogens is 258 g/mol. The molecule has 0 aliphatic carbocycles. The summed E-state index contributed by atoms with van der Waals surface area (Å²) in [4.78, 5) is 13.3. The Bertz CT molecular complexity index is 580. The van der Waals surface area contributed by atoms with E-state index in [1.165, 1.54) is 11.2 Å². The SMILES string of the molecule is CN=Cc1c(N)ncnc1Nc1ccc(SC)cc1. The molecule has 0 aliphatic heterocycles. The number of anilines is 3. The summed E-state index contributed by atoms with van der Waals surface area (Å²) in [6.07, 6.45) is 5.12. The number of aliphatic imine (C=N–C) groups is 1. The lowest BCUT2D eigenvalue weighted by atomic mass is 10.2. The number of hydrogen-bond acceptors (Lipinski definition) is 6. The summed E-state index contributed by atoms with van der Waals surface area (Å²) in [6.45, 7) is 0. The van der Waals surface area contributed by atoms with Crippen LogP contribution in [0, 0.1) is 0 Å². The normalized spacial score (nSPS) is 10.8. The van der Waals surface area contributed by atoms with Crippen molar-refractivity contribution < 1.29 is 0 Å². The van der Waals surface area contributed by atoms with Gasteiger partial charge in [0, 0.05) is 23.8 Å². The first-order valence-electron chi connectivity index (χ1n) is 5.68. The molecule has 3 N–H and O–H groups in total. The van der Waals surface area contributed by atoms with Gasteiger partial charge in [0.2, 0.25) is 0 Å². The van der Waals surface area contributed by atoms with Crippen LogP contribution in [0.15, 0.2) is 40.5 Å². The molecule has 0 fully saturated rings. The fraction of sp³-hybridized carbons (Fsp3) is 0.154. The van der Waals surface area contributed by atoms with Gasteiger partial charge in [-0.05, 0) is 30.5 Å². The first kappa shape index (κ1) is 13.4. The van der Waals surface area contributed by atoms with Crippen LogP contribution in [0.2, 0.25) is 0 Å². The number of nitrogens with two attached hydrogens (primary N) is 1. The predicted octanol–water partition coefficient (Wildman–Crippen LogP) is 2.57. The van der Waals surface area contributed by atoms with Gasteiger partial charge in [0.15, 0.2) is 0 Å². The van der Waals surface area contributed by atoms with Gasteiger partial charge in [-0.1, -0.05) is 0 Å². The second-order valence-corrected chi connectivity index (χ2v) is 4.64. The Hall–Kier alpha value is -2.08. The van der Waals surface area contributed by atoms with Crippen molar-refractivity contribution in [2.24, 2.45) is 4.99 Å². The highest BCUT2D eigenvalue weighted by Gasteiger charge is 2.07. The molecule has 0 unspecified atom stereocenters. The van der Waals surface area contributed by atoms with E-state index in [9.17, 15) is 0 Å². The third kappa shape index (κ3) is 3.23. The fourth-order valence-corrected chi connectivity index (χ4v) is 1.98. The lowest BCUT2D eigenvalue weighted by Gasteiger charge is -2.09. The lowest BCUT2D eigenvalue weighted by Crippen LogP contribution is -2.04. The van der Waals surface area contributed by atoms with E-state index in [0.29, 0.717) is 17.2 Å². The summed E-state index contributed by atoms with van der Waals surface area (Å²) in [5.74, 6) is 1.05.